The first-order valence-electron chi connectivity index (χ1n) is 6.31. The number of halogens is 1. The van der Waals surface area contributed by atoms with E-state index >= 15 is 0 Å². The molecule has 2 nitrogen and oxygen atoms in total. The van der Waals surface area contributed by atoms with Crippen LogP contribution in [0.4, 0.5) is 4.39 Å². The van der Waals surface area contributed by atoms with Crippen LogP contribution >= 0.6 is 0 Å². The summed E-state index contributed by atoms with van der Waals surface area (Å²) in [5, 5.41) is 0. The highest BCUT2D eigenvalue weighted by molar-refractivity contribution is 5.74. The highest BCUT2D eigenvalue weighted by atomic mass is 19.1. The van der Waals surface area contributed by atoms with Gasteiger partial charge in [-0.25, -0.2) is 4.39 Å². The van der Waals surface area contributed by atoms with Gasteiger partial charge in [-0.1, -0.05) is 12.1 Å². The molecule has 3 heteroatoms. The lowest BCUT2D eigenvalue weighted by Crippen LogP contribution is -2.05. The monoisotopic (exact) mass is 258 g/mol. The molecule has 3 rings (SSSR count). The lowest BCUT2D eigenvalue weighted by Gasteiger charge is -2.11. The van der Waals surface area contributed by atoms with Crippen molar-refractivity contribution in [2.75, 3.05) is 7.11 Å². The average molecular weight is 258 g/mol. The summed E-state index contributed by atoms with van der Waals surface area (Å²) in [4.78, 5) is 0. The number of ether oxygens (including phenoxy) is 2. The number of hydrogen-bond donors (Lipinski definition) is 0. The zero-order valence-electron chi connectivity index (χ0n) is 10.9. The van der Waals surface area contributed by atoms with Crippen LogP contribution in [0.2, 0.25) is 0 Å². The van der Waals surface area contributed by atoms with Gasteiger partial charge in [-0.05, 0) is 36.8 Å². The maximum Gasteiger partial charge on any atom is 0.131 e. The van der Waals surface area contributed by atoms with Gasteiger partial charge in [-0.3, -0.25) is 0 Å². The van der Waals surface area contributed by atoms with Gasteiger partial charge in [0.25, 0.3) is 0 Å². The molecule has 2 aromatic rings. The standard InChI is InChI=1S/C16H15FO2/c1-10-6-12-7-13(17)9-15(16(12)19-10)11-4-3-5-14(8-11)18-2/h3-5,7-10H,6H2,1-2H3. The number of benzene rings is 2. The first-order chi connectivity index (χ1) is 9.17. The Bertz CT molecular complexity index is 622. The molecule has 0 fully saturated rings. The van der Waals surface area contributed by atoms with E-state index in [1.807, 2.05) is 31.2 Å². The van der Waals surface area contributed by atoms with E-state index in [1.165, 1.54) is 6.07 Å². The Labute approximate surface area is 111 Å². The Hall–Kier alpha value is -2.03. The molecule has 19 heavy (non-hydrogen) atoms. The van der Waals surface area contributed by atoms with Crippen molar-refractivity contribution < 1.29 is 13.9 Å². The first-order valence-corrected chi connectivity index (χ1v) is 6.31. The van der Waals surface area contributed by atoms with E-state index in [0.717, 1.165) is 34.6 Å². The molecule has 0 N–H and O–H groups in total. The third kappa shape index (κ3) is 2.16. The van der Waals surface area contributed by atoms with Crippen LogP contribution in [0.5, 0.6) is 11.5 Å². The van der Waals surface area contributed by atoms with E-state index in [0.29, 0.717) is 0 Å². The molecule has 1 heterocycles. The summed E-state index contributed by atoms with van der Waals surface area (Å²) in [7, 11) is 1.62. The molecule has 2 aromatic carbocycles. The lowest BCUT2D eigenvalue weighted by molar-refractivity contribution is 0.255. The SMILES string of the molecule is COc1cccc(-c2cc(F)cc3c2OC(C)C3)c1. The minimum Gasteiger partial charge on any atom is -0.497 e. The second-order valence-electron chi connectivity index (χ2n) is 4.81. The Morgan fingerprint density at radius 3 is 2.89 bits per heavy atom. The Kier molecular flexibility index (Phi) is 2.90. The van der Waals surface area contributed by atoms with Gasteiger partial charge in [0.1, 0.15) is 23.4 Å². The van der Waals surface area contributed by atoms with Crippen molar-refractivity contribution in [3.63, 3.8) is 0 Å². The molecule has 0 bridgehead atoms. The van der Waals surface area contributed by atoms with Gasteiger partial charge in [-0.2, -0.15) is 0 Å². The van der Waals surface area contributed by atoms with Crippen LogP contribution in [-0.2, 0) is 6.42 Å². The number of fused-ring (bicyclic) bond motifs is 1. The van der Waals surface area contributed by atoms with Gasteiger partial charge in [0, 0.05) is 17.5 Å². The summed E-state index contributed by atoms with van der Waals surface area (Å²) in [6.45, 7) is 1.99. The third-order valence-electron chi connectivity index (χ3n) is 3.34. The Morgan fingerprint density at radius 2 is 2.11 bits per heavy atom. The fourth-order valence-electron chi connectivity index (χ4n) is 2.50. The van der Waals surface area contributed by atoms with Gasteiger partial charge in [-0.15, -0.1) is 0 Å². The van der Waals surface area contributed by atoms with Crippen LogP contribution in [0.3, 0.4) is 0 Å². The van der Waals surface area contributed by atoms with E-state index < -0.39 is 0 Å². The first kappa shape index (κ1) is 12.0. The molecular weight excluding hydrogens is 243 g/mol. The molecule has 0 spiro atoms. The average Bonchev–Trinajstić information content (AvgIpc) is 2.78. The fourth-order valence-corrected chi connectivity index (χ4v) is 2.50. The zero-order valence-corrected chi connectivity index (χ0v) is 10.9. The molecular formula is C16H15FO2. The lowest BCUT2D eigenvalue weighted by atomic mass is 10.00. The molecule has 0 amide bonds. The molecule has 1 aliphatic rings. The minimum absolute atomic E-state index is 0.0983. The summed E-state index contributed by atoms with van der Waals surface area (Å²) in [5.41, 5.74) is 2.63. The van der Waals surface area contributed by atoms with E-state index in [4.69, 9.17) is 9.47 Å². The summed E-state index contributed by atoms with van der Waals surface area (Å²) >= 11 is 0. The van der Waals surface area contributed by atoms with Crippen LogP contribution in [0.1, 0.15) is 12.5 Å². The minimum atomic E-state index is -0.228. The van der Waals surface area contributed by atoms with Gasteiger partial charge < -0.3 is 9.47 Å². The van der Waals surface area contributed by atoms with Crippen molar-refractivity contribution in [3.05, 3.63) is 47.8 Å². The van der Waals surface area contributed by atoms with Crippen LogP contribution in [-0.4, -0.2) is 13.2 Å². The van der Waals surface area contributed by atoms with Crippen molar-refractivity contribution >= 4 is 0 Å². The molecule has 1 unspecified atom stereocenters. The highest BCUT2D eigenvalue weighted by Crippen LogP contribution is 2.40. The van der Waals surface area contributed by atoms with Crippen LogP contribution in [0, 0.1) is 5.82 Å². The molecule has 0 aliphatic carbocycles. The predicted octanol–water partition coefficient (Wildman–Crippen LogP) is 3.82. The molecule has 0 saturated carbocycles. The number of hydrogen-bond acceptors (Lipinski definition) is 2. The normalized spacial score (nSPS) is 16.9. The number of rotatable bonds is 2. The van der Waals surface area contributed by atoms with E-state index in [1.54, 1.807) is 13.2 Å². The predicted molar refractivity (Wildman–Crippen MR) is 72.2 cm³/mol. The molecule has 98 valence electrons. The maximum atomic E-state index is 13.7. The fraction of sp³-hybridized carbons (Fsp3) is 0.250. The summed E-state index contributed by atoms with van der Waals surface area (Å²) in [5.74, 6) is 1.32. The van der Waals surface area contributed by atoms with Gasteiger partial charge in [0.2, 0.25) is 0 Å². The van der Waals surface area contributed by atoms with Crippen LogP contribution in [0.15, 0.2) is 36.4 Å². The number of methoxy groups -OCH3 is 1. The van der Waals surface area contributed by atoms with Crippen molar-refractivity contribution in [1.29, 1.82) is 0 Å². The van der Waals surface area contributed by atoms with Crippen molar-refractivity contribution in [3.8, 4) is 22.6 Å². The molecule has 0 aromatic heterocycles. The van der Waals surface area contributed by atoms with E-state index in [2.05, 4.69) is 0 Å². The zero-order chi connectivity index (χ0) is 13.4. The smallest absolute Gasteiger partial charge is 0.131 e. The van der Waals surface area contributed by atoms with Crippen molar-refractivity contribution in [1.82, 2.24) is 0 Å². The quantitative estimate of drug-likeness (QED) is 0.815. The Morgan fingerprint density at radius 1 is 1.26 bits per heavy atom. The van der Waals surface area contributed by atoms with Crippen LogP contribution in [0.25, 0.3) is 11.1 Å². The van der Waals surface area contributed by atoms with E-state index in [9.17, 15) is 4.39 Å². The topological polar surface area (TPSA) is 18.5 Å². The maximum absolute atomic E-state index is 13.7. The van der Waals surface area contributed by atoms with Gasteiger partial charge in [0.05, 0.1) is 7.11 Å². The van der Waals surface area contributed by atoms with Gasteiger partial charge >= 0.3 is 0 Å². The molecule has 0 saturated heterocycles. The molecule has 1 atom stereocenters. The molecule has 0 radical (unpaired) electrons. The van der Waals surface area contributed by atoms with Crippen molar-refractivity contribution in [2.45, 2.75) is 19.4 Å². The van der Waals surface area contributed by atoms with Gasteiger partial charge in [0.15, 0.2) is 0 Å². The second-order valence-corrected chi connectivity index (χ2v) is 4.81. The highest BCUT2D eigenvalue weighted by Gasteiger charge is 2.24. The van der Waals surface area contributed by atoms with Crippen molar-refractivity contribution in [2.24, 2.45) is 0 Å². The summed E-state index contributed by atoms with van der Waals surface area (Å²) in [6, 6.07) is 10.7. The Balaban J connectivity index is 2.15. The summed E-state index contributed by atoms with van der Waals surface area (Å²) < 4.78 is 24.8. The van der Waals surface area contributed by atoms with E-state index in [-0.39, 0.29) is 11.9 Å². The third-order valence-corrected chi connectivity index (χ3v) is 3.34. The molecule has 1 aliphatic heterocycles. The second kappa shape index (κ2) is 4.57. The summed E-state index contributed by atoms with van der Waals surface area (Å²) in [6.07, 6.45) is 0.852. The largest absolute Gasteiger partial charge is 0.497 e. The van der Waals surface area contributed by atoms with Crippen LogP contribution < -0.4 is 9.47 Å².